The summed E-state index contributed by atoms with van der Waals surface area (Å²) in [6.45, 7) is 2.07. The summed E-state index contributed by atoms with van der Waals surface area (Å²) < 4.78 is 4.84. The third-order valence-electron chi connectivity index (χ3n) is 1.73. The Balaban J connectivity index is 2.50. The number of nitrogens with zero attached hydrogens (tertiary/aromatic N) is 3. The van der Waals surface area contributed by atoms with Crippen LogP contribution in [0.4, 0.5) is 0 Å². The number of carbonyl (C=O) groups is 1. The zero-order chi connectivity index (χ0) is 9.97. The maximum atomic E-state index is 11.4. The molecule has 2 aromatic rings. The summed E-state index contributed by atoms with van der Waals surface area (Å²) in [6, 6.07) is 0. The van der Waals surface area contributed by atoms with E-state index in [4.69, 9.17) is 4.74 Å². The maximum Gasteiger partial charge on any atom is 0.342 e. The zero-order valence-electron chi connectivity index (χ0n) is 7.52. The van der Waals surface area contributed by atoms with E-state index in [1.165, 1.54) is 6.20 Å². The lowest BCUT2D eigenvalue weighted by molar-refractivity contribution is 0.0528. The van der Waals surface area contributed by atoms with E-state index in [2.05, 4.69) is 20.4 Å². The van der Waals surface area contributed by atoms with Gasteiger partial charge in [0.25, 0.3) is 0 Å². The van der Waals surface area contributed by atoms with Gasteiger partial charge in [-0.2, -0.15) is 0 Å². The average Bonchev–Trinajstić information content (AvgIpc) is 2.65. The molecule has 0 saturated carbocycles. The van der Waals surface area contributed by atoms with Gasteiger partial charge in [0.1, 0.15) is 16.6 Å². The fourth-order valence-corrected chi connectivity index (χ4v) is 1.13. The predicted octanol–water partition coefficient (Wildman–Crippen LogP) is 0.530. The van der Waals surface area contributed by atoms with Crippen LogP contribution >= 0.6 is 0 Å². The molecule has 0 unspecified atom stereocenters. The van der Waals surface area contributed by atoms with Gasteiger partial charge in [0.2, 0.25) is 0 Å². The fourth-order valence-electron chi connectivity index (χ4n) is 1.13. The second kappa shape index (κ2) is 3.41. The molecule has 0 bridgehead atoms. The van der Waals surface area contributed by atoms with Gasteiger partial charge < -0.3 is 4.74 Å². The van der Waals surface area contributed by atoms with E-state index in [9.17, 15) is 4.79 Å². The molecule has 14 heavy (non-hydrogen) atoms. The summed E-state index contributed by atoms with van der Waals surface area (Å²) in [5, 5.41) is 9.98. The molecular weight excluding hydrogens is 184 g/mol. The van der Waals surface area contributed by atoms with E-state index >= 15 is 0 Å². The molecule has 2 heterocycles. The van der Waals surface area contributed by atoms with E-state index < -0.39 is 5.97 Å². The van der Waals surface area contributed by atoms with Crippen LogP contribution in [0.15, 0.2) is 12.4 Å². The molecule has 0 aromatic carbocycles. The molecule has 6 nitrogen and oxygen atoms in total. The number of aromatic nitrogens is 4. The first-order valence-corrected chi connectivity index (χ1v) is 4.14. The van der Waals surface area contributed by atoms with Crippen LogP contribution in [0.2, 0.25) is 0 Å². The molecule has 0 atom stereocenters. The van der Waals surface area contributed by atoms with Gasteiger partial charge >= 0.3 is 5.97 Å². The number of hydrogen-bond acceptors (Lipinski definition) is 5. The van der Waals surface area contributed by atoms with Gasteiger partial charge in [-0.3, -0.25) is 10.1 Å². The van der Waals surface area contributed by atoms with Crippen molar-refractivity contribution < 1.29 is 9.53 Å². The zero-order valence-corrected chi connectivity index (χ0v) is 7.52. The molecule has 0 amide bonds. The SMILES string of the molecule is CCOC(=O)c1cncc2[nH]nnc12. The number of hydrogen-bond donors (Lipinski definition) is 1. The first-order valence-electron chi connectivity index (χ1n) is 4.14. The van der Waals surface area contributed by atoms with Crippen LogP contribution in [0, 0.1) is 0 Å². The highest BCUT2D eigenvalue weighted by Gasteiger charge is 2.13. The van der Waals surface area contributed by atoms with E-state index in [0.717, 1.165) is 0 Å². The van der Waals surface area contributed by atoms with Gasteiger partial charge in [-0.05, 0) is 6.92 Å². The Bertz CT molecular complexity index is 465. The minimum atomic E-state index is -0.431. The van der Waals surface area contributed by atoms with Crippen molar-refractivity contribution in [3.8, 4) is 0 Å². The molecule has 0 spiro atoms. The minimum Gasteiger partial charge on any atom is -0.462 e. The summed E-state index contributed by atoms with van der Waals surface area (Å²) in [5.74, 6) is -0.431. The van der Waals surface area contributed by atoms with Crippen LogP contribution in [0.1, 0.15) is 17.3 Å². The molecule has 0 fully saturated rings. The highest BCUT2D eigenvalue weighted by molar-refractivity contribution is 6.00. The van der Waals surface area contributed by atoms with Gasteiger partial charge in [-0.25, -0.2) is 4.79 Å². The summed E-state index contributed by atoms with van der Waals surface area (Å²) in [4.78, 5) is 15.3. The molecule has 2 rings (SSSR count). The molecule has 0 aliphatic carbocycles. The summed E-state index contributed by atoms with van der Waals surface area (Å²) in [6.07, 6.45) is 2.97. The topological polar surface area (TPSA) is 80.8 Å². The second-order valence-electron chi connectivity index (χ2n) is 2.62. The highest BCUT2D eigenvalue weighted by Crippen LogP contribution is 2.12. The van der Waals surface area contributed by atoms with Crippen molar-refractivity contribution in [3.63, 3.8) is 0 Å². The predicted molar refractivity (Wildman–Crippen MR) is 47.6 cm³/mol. The highest BCUT2D eigenvalue weighted by atomic mass is 16.5. The van der Waals surface area contributed by atoms with Gasteiger partial charge in [-0.1, -0.05) is 5.21 Å². The van der Waals surface area contributed by atoms with Crippen LogP contribution in [-0.4, -0.2) is 33.0 Å². The molecule has 1 N–H and O–H groups in total. The van der Waals surface area contributed by atoms with Crippen LogP contribution in [-0.2, 0) is 4.74 Å². The van der Waals surface area contributed by atoms with Crippen LogP contribution in [0.5, 0.6) is 0 Å². The minimum absolute atomic E-state index is 0.326. The van der Waals surface area contributed by atoms with Crippen molar-refractivity contribution >= 4 is 17.0 Å². The molecule has 72 valence electrons. The third-order valence-corrected chi connectivity index (χ3v) is 1.73. The number of aromatic amines is 1. The maximum absolute atomic E-state index is 11.4. The Labute approximate surface area is 79.3 Å². The van der Waals surface area contributed by atoms with Crippen LogP contribution in [0.25, 0.3) is 11.0 Å². The fraction of sp³-hybridized carbons (Fsp3) is 0.250. The normalized spacial score (nSPS) is 10.4. The lowest BCUT2D eigenvalue weighted by Crippen LogP contribution is -2.05. The Morgan fingerprint density at radius 2 is 2.43 bits per heavy atom. The molecule has 0 radical (unpaired) electrons. The standard InChI is InChI=1S/C8H8N4O2/c1-2-14-8(13)5-3-9-4-6-7(5)11-12-10-6/h3-4H,2H2,1H3,(H,10,11,12). The molecule has 0 saturated heterocycles. The number of esters is 1. The number of H-pyrrole nitrogens is 1. The number of pyridine rings is 1. The van der Waals surface area contributed by atoms with Crippen molar-refractivity contribution in [1.29, 1.82) is 0 Å². The quantitative estimate of drug-likeness (QED) is 0.702. The van der Waals surface area contributed by atoms with E-state index in [1.807, 2.05) is 0 Å². The number of ether oxygens (including phenoxy) is 1. The first-order chi connectivity index (χ1) is 6.83. The second-order valence-corrected chi connectivity index (χ2v) is 2.62. The van der Waals surface area contributed by atoms with E-state index in [0.29, 0.717) is 23.2 Å². The van der Waals surface area contributed by atoms with Crippen molar-refractivity contribution in [2.75, 3.05) is 6.61 Å². The number of rotatable bonds is 2. The Morgan fingerprint density at radius 1 is 1.57 bits per heavy atom. The lowest BCUT2D eigenvalue weighted by atomic mass is 10.2. The molecule has 2 aromatic heterocycles. The molecular formula is C8H8N4O2. The van der Waals surface area contributed by atoms with Gasteiger partial charge in [0.15, 0.2) is 0 Å². The average molecular weight is 192 g/mol. The number of carbonyl (C=O) groups excluding carboxylic acids is 1. The Morgan fingerprint density at radius 3 is 3.21 bits per heavy atom. The summed E-state index contributed by atoms with van der Waals surface area (Å²) >= 11 is 0. The molecule has 6 heteroatoms. The van der Waals surface area contributed by atoms with E-state index in [-0.39, 0.29) is 0 Å². The van der Waals surface area contributed by atoms with Crippen molar-refractivity contribution in [2.45, 2.75) is 6.92 Å². The lowest BCUT2D eigenvalue weighted by Gasteiger charge is -2.00. The van der Waals surface area contributed by atoms with Crippen LogP contribution < -0.4 is 0 Å². The molecule has 0 aliphatic heterocycles. The third kappa shape index (κ3) is 1.30. The summed E-state index contributed by atoms with van der Waals surface area (Å²) in [5.41, 5.74) is 1.44. The summed E-state index contributed by atoms with van der Waals surface area (Å²) in [7, 11) is 0. The van der Waals surface area contributed by atoms with Gasteiger partial charge in [-0.15, -0.1) is 5.10 Å². The van der Waals surface area contributed by atoms with Crippen molar-refractivity contribution in [2.24, 2.45) is 0 Å². The van der Waals surface area contributed by atoms with Gasteiger partial charge in [0.05, 0.1) is 12.8 Å². The first kappa shape index (κ1) is 8.61. The molecule has 0 aliphatic rings. The van der Waals surface area contributed by atoms with Crippen molar-refractivity contribution in [3.05, 3.63) is 18.0 Å². The Hall–Kier alpha value is -1.98. The van der Waals surface area contributed by atoms with Crippen LogP contribution in [0.3, 0.4) is 0 Å². The largest absolute Gasteiger partial charge is 0.462 e. The van der Waals surface area contributed by atoms with Crippen molar-refractivity contribution in [1.82, 2.24) is 20.4 Å². The monoisotopic (exact) mass is 192 g/mol. The smallest absolute Gasteiger partial charge is 0.342 e. The Kier molecular flexibility index (Phi) is 2.10. The number of fused-ring (bicyclic) bond motifs is 1. The van der Waals surface area contributed by atoms with Gasteiger partial charge in [0, 0.05) is 6.20 Å². The number of nitrogens with one attached hydrogen (secondary N) is 1. The van der Waals surface area contributed by atoms with E-state index in [1.54, 1.807) is 13.1 Å².